The number of hydrazone groups is 1. The van der Waals surface area contributed by atoms with E-state index in [-0.39, 0.29) is 12.4 Å². The van der Waals surface area contributed by atoms with Crippen LogP contribution in [0.4, 0.5) is 0 Å². The van der Waals surface area contributed by atoms with Crippen LogP contribution in [0.15, 0.2) is 76.2 Å². The molecule has 0 saturated carbocycles. The Morgan fingerprint density at radius 1 is 0.976 bits per heavy atom. The lowest BCUT2D eigenvalue weighted by Gasteiger charge is -2.16. The number of aryl methyl sites for hydroxylation is 2. The summed E-state index contributed by atoms with van der Waals surface area (Å²) in [6, 6.07) is 20.3. The van der Waals surface area contributed by atoms with Crippen molar-refractivity contribution < 1.29 is 33.0 Å². The number of hydrogen-bond acceptors (Lipinski definition) is 8. The van der Waals surface area contributed by atoms with Crippen molar-refractivity contribution in [1.29, 1.82) is 0 Å². The molecule has 1 atom stereocenters. The number of benzene rings is 2. The lowest BCUT2D eigenvalue weighted by atomic mass is 10.2. The van der Waals surface area contributed by atoms with Crippen molar-refractivity contribution in [2.45, 2.75) is 40.4 Å². The van der Waals surface area contributed by atoms with Gasteiger partial charge in [-0.1, -0.05) is 0 Å². The first-order valence-corrected chi connectivity index (χ1v) is 13.1. The van der Waals surface area contributed by atoms with Crippen molar-refractivity contribution in [3.05, 3.63) is 95.2 Å². The topological polar surface area (TPSA) is 114 Å². The lowest BCUT2D eigenvalue weighted by molar-refractivity contribution is -0.147. The van der Waals surface area contributed by atoms with Crippen molar-refractivity contribution >= 4 is 18.1 Å². The molecule has 0 aliphatic carbocycles. The average Bonchev–Trinajstić information content (AvgIpc) is 3.59. The zero-order chi connectivity index (χ0) is 29.4. The van der Waals surface area contributed by atoms with Crippen molar-refractivity contribution in [2.24, 2.45) is 5.10 Å². The molecule has 10 nitrogen and oxygen atoms in total. The van der Waals surface area contributed by atoms with E-state index >= 15 is 0 Å². The van der Waals surface area contributed by atoms with Gasteiger partial charge >= 0.3 is 11.9 Å². The molecular weight excluding hydrogens is 526 g/mol. The summed E-state index contributed by atoms with van der Waals surface area (Å²) in [6.45, 7) is 8.11. The van der Waals surface area contributed by atoms with Crippen molar-refractivity contribution in [2.75, 3.05) is 13.7 Å². The van der Waals surface area contributed by atoms with Gasteiger partial charge in [0.15, 0.2) is 23.4 Å². The van der Waals surface area contributed by atoms with Gasteiger partial charge in [0.05, 0.1) is 19.9 Å². The number of hydrogen-bond donors (Lipinski definition) is 1. The molecule has 4 rings (SSSR count). The van der Waals surface area contributed by atoms with Gasteiger partial charge < -0.3 is 27.9 Å². The van der Waals surface area contributed by atoms with Gasteiger partial charge in [0.1, 0.15) is 18.1 Å². The molecule has 0 spiro atoms. The summed E-state index contributed by atoms with van der Waals surface area (Å²) in [6.07, 6.45) is 0.660. The minimum Gasteiger partial charge on any atom is -0.490 e. The van der Waals surface area contributed by atoms with Crippen molar-refractivity contribution in [3.63, 3.8) is 0 Å². The summed E-state index contributed by atoms with van der Waals surface area (Å²) in [5.74, 6) is 1.10. The van der Waals surface area contributed by atoms with E-state index in [9.17, 15) is 9.59 Å². The summed E-state index contributed by atoms with van der Waals surface area (Å²) in [5.41, 5.74) is 6.47. The van der Waals surface area contributed by atoms with Gasteiger partial charge in [0, 0.05) is 17.1 Å². The van der Waals surface area contributed by atoms with Crippen LogP contribution >= 0.6 is 0 Å². The normalized spacial score (nSPS) is 11.7. The zero-order valence-electron chi connectivity index (χ0n) is 23.7. The number of nitrogens with zero attached hydrogens (tertiary/aromatic N) is 2. The summed E-state index contributed by atoms with van der Waals surface area (Å²) in [7, 11) is 1.30. The van der Waals surface area contributed by atoms with Gasteiger partial charge in [0.2, 0.25) is 0 Å². The molecule has 1 amide bonds. The molecule has 2 aromatic heterocycles. The third-order valence-electron chi connectivity index (χ3n) is 6.12. The molecule has 0 bridgehead atoms. The number of rotatable bonds is 12. The Morgan fingerprint density at radius 2 is 1.71 bits per heavy atom. The van der Waals surface area contributed by atoms with Crippen LogP contribution in [0.3, 0.4) is 0 Å². The number of methoxy groups -OCH3 is 1. The lowest BCUT2D eigenvalue weighted by Crippen LogP contribution is -2.25. The van der Waals surface area contributed by atoms with Crippen LogP contribution in [0.1, 0.15) is 47.1 Å². The molecule has 0 radical (unpaired) electrons. The zero-order valence-corrected chi connectivity index (χ0v) is 23.7. The van der Waals surface area contributed by atoms with Crippen molar-refractivity contribution in [3.8, 4) is 22.9 Å². The molecule has 0 unspecified atom stereocenters. The highest BCUT2D eigenvalue weighted by atomic mass is 16.6. The van der Waals surface area contributed by atoms with E-state index in [1.54, 1.807) is 37.3 Å². The van der Waals surface area contributed by atoms with Crippen LogP contribution in [-0.4, -0.2) is 42.5 Å². The average molecular weight is 560 g/mol. The molecule has 4 aromatic rings. The van der Waals surface area contributed by atoms with Gasteiger partial charge in [-0.25, -0.2) is 10.2 Å². The number of carbonyl (C=O) groups is 2. The predicted octanol–water partition coefficient (Wildman–Crippen LogP) is 5.37. The quantitative estimate of drug-likeness (QED) is 0.141. The van der Waals surface area contributed by atoms with E-state index in [0.29, 0.717) is 35.2 Å². The van der Waals surface area contributed by atoms with Crippen LogP contribution in [0.25, 0.3) is 5.69 Å². The fraction of sp³-hybridized carbons (Fsp3) is 0.258. The van der Waals surface area contributed by atoms with Gasteiger partial charge in [-0.15, -0.1) is 0 Å². The Labute approximate surface area is 238 Å². The minimum atomic E-state index is -0.800. The molecule has 2 aromatic carbocycles. The van der Waals surface area contributed by atoms with Crippen molar-refractivity contribution in [1.82, 2.24) is 9.99 Å². The molecule has 2 heterocycles. The highest BCUT2D eigenvalue weighted by molar-refractivity contribution is 5.92. The van der Waals surface area contributed by atoms with E-state index in [0.717, 1.165) is 17.1 Å². The first kappa shape index (κ1) is 29.0. The summed E-state index contributed by atoms with van der Waals surface area (Å²) in [5, 5.41) is 4.01. The van der Waals surface area contributed by atoms with Gasteiger partial charge in [0.25, 0.3) is 0 Å². The van der Waals surface area contributed by atoms with Crippen LogP contribution in [0.2, 0.25) is 0 Å². The first-order valence-electron chi connectivity index (χ1n) is 13.1. The molecule has 0 saturated heterocycles. The minimum absolute atomic E-state index is 0.102. The van der Waals surface area contributed by atoms with Crippen LogP contribution in [-0.2, 0) is 16.1 Å². The van der Waals surface area contributed by atoms with Gasteiger partial charge in [-0.2, -0.15) is 5.10 Å². The molecule has 1 N–H and O–H groups in total. The Bertz CT molecular complexity index is 1500. The SMILES string of the molecule is CCOc1cc(/C=N/NC(=O)c2ccc(COc3ccc(-n4c(C)ccc4C)cc3)o2)ccc1O[C@@H](C)C(=O)OC. The Hall–Kier alpha value is -4.99. The van der Waals surface area contributed by atoms with Gasteiger partial charge in [-0.05, 0) is 100.0 Å². The second-order valence-corrected chi connectivity index (χ2v) is 9.12. The monoisotopic (exact) mass is 559 g/mol. The fourth-order valence-electron chi connectivity index (χ4n) is 4.09. The van der Waals surface area contributed by atoms with E-state index in [2.05, 4.69) is 41.1 Å². The summed E-state index contributed by atoms with van der Waals surface area (Å²) < 4.78 is 29.6. The molecular formula is C31H33N3O7. The number of nitrogens with one attached hydrogen (secondary N) is 1. The number of aromatic nitrogens is 1. The predicted molar refractivity (Wildman–Crippen MR) is 153 cm³/mol. The molecule has 0 aliphatic heterocycles. The standard InChI is InChI=1S/C31H33N3O7/c1-6-38-29-17-23(9-15-27(29)40-22(4)31(36)37-5)18-32-33-30(35)28-16-14-26(41-28)19-39-25-12-10-24(11-13-25)34-20(2)7-8-21(34)3/h7-18,22H,6,19H2,1-5H3,(H,33,35)/b32-18+/t22-/m0/s1. The highest BCUT2D eigenvalue weighted by Gasteiger charge is 2.17. The number of ether oxygens (including phenoxy) is 4. The molecule has 214 valence electrons. The second-order valence-electron chi connectivity index (χ2n) is 9.12. The van der Waals surface area contributed by atoms with Crippen LogP contribution < -0.4 is 19.6 Å². The number of esters is 1. The maximum Gasteiger partial charge on any atom is 0.346 e. The number of carbonyl (C=O) groups excluding carboxylic acids is 2. The third kappa shape index (κ3) is 7.36. The van der Waals surface area contributed by atoms with E-state index in [1.165, 1.54) is 13.3 Å². The maximum absolute atomic E-state index is 12.5. The second kappa shape index (κ2) is 13.4. The van der Waals surface area contributed by atoms with Gasteiger partial charge in [-0.3, -0.25) is 4.79 Å². The van der Waals surface area contributed by atoms with Crippen LogP contribution in [0.5, 0.6) is 17.2 Å². The third-order valence-corrected chi connectivity index (χ3v) is 6.12. The summed E-state index contributed by atoms with van der Waals surface area (Å²) in [4.78, 5) is 24.2. The van der Waals surface area contributed by atoms with E-state index in [1.807, 2.05) is 31.2 Å². The smallest absolute Gasteiger partial charge is 0.346 e. The van der Waals surface area contributed by atoms with E-state index < -0.39 is 18.0 Å². The van der Waals surface area contributed by atoms with Crippen LogP contribution in [0, 0.1) is 13.8 Å². The van der Waals surface area contributed by atoms with E-state index in [4.69, 9.17) is 23.4 Å². The Kier molecular flexibility index (Phi) is 9.47. The Balaban J connectivity index is 1.31. The molecule has 10 heteroatoms. The highest BCUT2D eigenvalue weighted by Crippen LogP contribution is 2.29. The molecule has 41 heavy (non-hydrogen) atoms. The number of amides is 1. The first-order chi connectivity index (χ1) is 19.8. The Morgan fingerprint density at radius 3 is 2.39 bits per heavy atom. The molecule has 0 fully saturated rings. The maximum atomic E-state index is 12.5. The largest absolute Gasteiger partial charge is 0.490 e. The number of furan rings is 1. The molecule has 0 aliphatic rings. The fourth-order valence-corrected chi connectivity index (χ4v) is 4.09. The summed E-state index contributed by atoms with van der Waals surface area (Å²) >= 11 is 0.